The minimum atomic E-state index is 0. The molecule has 0 bridgehead atoms. The molecule has 8 nitrogen and oxygen atoms in total. The number of hydrogen-bond donors (Lipinski definition) is 2. The molecule has 6 heterocycles. The predicted molar refractivity (Wildman–Crippen MR) is 285 cm³/mol. The van der Waals surface area contributed by atoms with E-state index in [4.69, 9.17) is 19.0 Å². The van der Waals surface area contributed by atoms with E-state index in [-0.39, 0.29) is 58.5 Å². The number of aryl methyl sites for hydroxylation is 2. The van der Waals surface area contributed by atoms with Crippen LogP contribution in [0.1, 0.15) is 71.6 Å². The van der Waals surface area contributed by atoms with E-state index >= 15 is 0 Å². The normalized spacial score (nSPS) is 10.2. The summed E-state index contributed by atoms with van der Waals surface area (Å²) in [6.07, 6.45) is 7.16. The molecule has 0 spiro atoms. The molecule has 0 aliphatic heterocycles. The zero-order valence-electron chi connectivity index (χ0n) is 41.4. The van der Waals surface area contributed by atoms with E-state index in [1.807, 2.05) is 117 Å². The monoisotopic (exact) mass is 1300 g/mol. The van der Waals surface area contributed by atoms with Crippen molar-refractivity contribution in [3.05, 3.63) is 217 Å². The molecule has 10 aromatic rings. The zero-order valence-corrected chi connectivity index (χ0v) is 46.2. The van der Waals surface area contributed by atoms with E-state index in [1.54, 1.807) is 24.8 Å². The van der Waals surface area contributed by atoms with Crippen LogP contribution in [0.25, 0.3) is 67.0 Å². The van der Waals surface area contributed by atoms with Gasteiger partial charge in [-0.3, -0.25) is 4.98 Å². The van der Waals surface area contributed by atoms with Crippen LogP contribution in [0.15, 0.2) is 185 Å². The Morgan fingerprint density at radius 2 is 0.873 bits per heavy atom. The maximum Gasteiger partial charge on any atom is 0.137 e. The van der Waals surface area contributed by atoms with Crippen molar-refractivity contribution in [3.63, 3.8) is 0 Å². The van der Waals surface area contributed by atoms with Gasteiger partial charge in [0.15, 0.2) is 0 Å². The molecule has 0 saturated carbocycles. The van der Waals surface area contributed by atoms with Crippen LogP contribution in [0.5, 0.6) is 0 Å². The summed E-state index contributed by atoms with van der Waals surface area (Å²) in [5.74, 6) is 1.82. The van der Waals surface area contributed by atoms with Crippen LogP contribution in [-0.2, 0) is 51.0 Å². The summed E-state index contributed by atoms with van der Waals surface area (Å²) in [6.45, 7) is 17.2. The third kappa shape index (κ3) is 17.5. The van der Waals surface area contributed by atoms with Crippen molar-refractivity contribution in [2.24, 2.45) is 0 Å². The largest absolute Gasteiger partial charge is 0.462 e. The van der Waals surface area contributed by atoms with Crippen LogP contribution < -0.4 is 0 Å². The summed E-state index contributed by atoms with van der Waals surface area (Å²) < 4.78 is 11.3. The van der Waals surface area contributed by atoms with Crippen molar-refractivity contribution in [3.8, 4) is 45.0 Å². The third-order valence-electron chi connectivity index (χ3n) is 10.4. The summed E-state index contributed by atoms with van der Waals surface area (Å²) in [6, 6.07) is 59.8. The number of rotatable bonds is 4. The second kappa shape index (κ2) is 29.8. The molecule has 0 unspecified atom stereocenters. The van der Waals surface area contributed by atoms with Gasteiger partial charge in [0.1, 0.15) is 22.7 Å². The Hall–Kier alpha value is -6.22. The van der Waals surface area contributed by atoms with Gasteiger partial charge in [0.2, 0.25) is 0 Å². The van der Waals surface area contributed by atoms with Crippen LogP contribution in [-0.4, -0.2) is 44.4 Å². The van der Waals surface area contributed by atoms with Crippen LogP contribution in [0.4, 0.5) is 0 Å². The number of nitrogens with zero attached hydrogens (tertiary/aromatic N) is 4. The maximum atomic E-state index is 7.00. The second-order valence-corrected chi connectivity index (χ2v) is 17.4. The minimum absolute atomic E-state index is 0. The van der Waals surface area contributed by atoms with Gasteiger partial charge in [-0.2, -0.15) is 0 Å². The molecule has 374 valence electrons. The fraction of sp³-hybridized carbons (Fsp3) is 0.213. The van der Waals surface area contributed by atoms with E-state index in [1.165, 1.54) is 11.1 Å². The minimum Gasteiger partial charge on any atom is -0.462 e. The molecule has 2 N–H and O–H groups in total. The average molecular weight is 1300 g/mol. The van der Waals surface area contributed by atoms with Crippen molar-refractivity contribution in [2.75, 3.05) is 14.2 Å². The number of pyridine rings is 4. The SMILES string of the molecule is C.CO.CO.Cc1cc2c(-c3[c-]cc(C(C)(C)C)cc3)nccc2o1.Cc1cc2c(-c3ccc(C(C)(C)C)cc3)nccc2o1.[Ir].[Ir].[c-]1ccccc1-c1ccccn1.[c-]1ccccc1-c1ccccn1. The first kappa shape index (κ1) is 60.9. The van der Waals surface area contributed by atoms with Crippen LogP contribution >= 0.6 is 0 Å². The topological polar surface area (TPSA) is 118 Å². The molecular formula is C61H65Ir2N4O4-3. The Bertz CT molecular complexity index is 2720. The number of benzene rings is 4. The first-order valence-corrected chi connectivity index (χ1v) is 22.3. The van der Waals surface area contributed by atoms with Gasteiger partial charge in [-0.25, -0.2) is 0 Å². The molecular weight excluding hydrogens is 1240 g/mol. The fourth-order valence-electron chi connectivity index (χ4n) is 6.94. The molecule has 0 amide bonds. The maximum absolute atomic E-state index is 7.00. The van der Waals surface area contributed by atoms with Gasteiger partial charge in [0, 0.05) is 95.6 Å². The van der Waals surface area contributed by atoms with Crippen molar-refractivity contribution >= 4 is 21.9 Å². The van der Waals surface area contributed by atoms with Crippen molar-refractivity contribution < 1.29 is 59.3 Å². The molecule has 0 atom stereocenters. The van der Waals surface area contributed by atoms with Crippen LogP contribution in [0, 0.1) is 32.0 Å². The summed E-state index contributed by atoms with van der Waals surface area (Å²) in [5.41, 5.74) is 12.8. The van der Waals surface area contributed by atoms with Gasteiger partial charge in [0.25, 0.3) is 0 Å². The first-order chi connectivity index (χ1) is 32.8. The molecule has 4 aromatic carbocycles. The predicted octanol–water partition coefficient (Wildman–Crippen LogP) is 14.9. The summed E-state index contributed by atoms with van der Waals surface area (Å²) in [7, 11) is 2.00. The zero-order chi connectivity index (χ0) is 49.1. The molecule has 0 aliphatic rings. The van der Waals surface area contributed by atoms with Gasteiger partial charge in [0.05, 0.1) is 5.69 Å². The molecule has 10 rings (SSSR count). The molecule has 0 saturated heterocycles. The number of hydrogen-bond acceptors (Lipinski definition) is 8. The van der Waals surface area contributed by atoms with Crippen molar-refractivity contribution in [2.45, 2.75) is 73.6 Å². The molecule has 2 radical (unpaired) electrons. The van der Waals surface area contributed by atoms with Crippen molar-refractivity contribution in [1.29, 1.82) is 0 Å². The third-order valence-corrected chi connectivity index (χ3v) is 10.4. The van der Waals surface area contributed by atoms with E-state index in [0.29, 0.717) is 0 Å². The van der Waals surface area contributed by atoms with Crippen LogP contribution in [0.3, 0.4) is 0 Å². The van der Waals surface area contributed by atoms with E-state index in [9.17, 15) is 0 Å². The van der Waals surface area contributed by atoms with Crippen molar-refractivity contribution in [1.82, 2.24) is 19.9 Å². The van der Waals surface area contributed by atoms with Crippen LogP contribution in [0.2, 0.25) is 0 Å². The number of aromatic nitrogens is 4. The second-order valence-electron chi connectivity index (χ2n) is 17.4. The summed E-state index contributed by atoms with van der Waals surface area (Å²) >= 11 is 0. The van der Waals surface area contributed by atoms with Gasteiger partial charge in [-0.1, -0.05) is 97.5 Å². The van der Waals surface area contributed by atoms with Gasteiger partial charge >= 0.3 is 0 Å². The average Bonchev–Trinajstić information content (AvgIpc) is 3.97. The summed E-state index contributed by atoms with van der Waals surface area (Å²) in [4.78, 5) is 17.4. The number of fused-ring (bicyclic) bond motifs is 2. The van der Waals surface area contributed by atoms with Gasteiger partial charge in [-0.05, 0) is 83.7 Å². The Labute approximate surface area is 448 Å². The Kier molecular flexibility index (Phi) is 25.6. The molecule has 6 aromatic heterocycles. The first-order valence-electron chi connectivity index (χ1n) is 22.3. The molecule has 0 fully saturated rings. The summed E-state index contributed by atoms with van der Waals surface area (Å²) in [5, 5.41) is 16.1. The molecule has 10 heteroatoms. The van der Waals surface area contributed by atoms with E-state index < -0.39 is 0 Å². The number of furan rings is 2. The quantitative estimate of drug-likeness (QED) is 0.167. The number of aliphatic hydroxyl groups excluding tert-OH is 2. The molecule has 71 heavy (non-hydrogen) atoms. The van der Waals surface area contributed by atoms with Gasteiger partial charge in [-0.15, -0.1) is 107 Å². The Morgan fingerprint density at radius 3 is 1.27 bits per heavy atom. The van der Waals surface area contributed by atoms with Gasteiger partial charge < -0.3 is 34.0 Å². The van der Waals surface area contributed by atoms with E-state index in [2.05, 4.69) is 128 Å². The number of aliphatic hydroxyl groups is 2. The smallest absolute Gasteiger partial charge is 0.137 e. The standard InChI is InChI=1S/C18H19NO.C18H18NO.2C11H8N.2CH4O.CH4.2Ir/c2*1-12-11-15-16(20-12)9-10-19-17(15)13-5-7-14(8-6-13)18(2,3)4;2*1-2-6-10(7-3-1)11-8-4-5-9-12-11;2*1-2;;;/h5-11H,1-4H3;5,7-11H,1-4H3;2*1-6,8-9H;2*2H,1H3;1H4;;/q;3*-1;;;;;. The Balaban J connectivity index is 0.000000320. The van der Waals surface area contributed by atoms with E-state index in [0.717, 1.165) is 92.7 Å². The Morgan fingerprint density at radius 1 is 0.437 bits per heavy atom. The molecule has 0 aliphatic carbocycles. The fourth-order valence-corrected chi connectivity index (χ4v) is 6.94.